The molecule has 0 amide bonds. The molecule has 0 bridgehead atoms. The molecule has 0 fully saturated rings. The van der Waals surface area contributed by atoms with Crippen molar-refractivity contribution in [2.24, 2.45) is 9.98 Å². The summed E-state index contributed by atoms with van der Waals surface area (Å²) in [5, 5.41) is 12.1. The normalized spacial score (nSPS) is 13.5. The minimum Gasteiger partial charge on any atom is -0.252 e. The maximum atomic E-state index is 5.56. The number of hydrogen-bond donors (Lipinski definition) is 0. The third kappa shape index (κ3) is 8.50. The Kier molecular flexibility index (Phi) is 12.0. The molecule has 0 aliphatic rings. The number of rotatable bonds is 12. The molecule has 0 spiro atoms. The van der Waals surface area contributed by atoms with Crippen molar-refractivity contribution in [2.75, 3.05) is 0 Å². The zero-order chi connectivity index (χ0) is 43.3. The minimum atomic E-state index is 0.142. The van der Waals surface area contributed by atoms with Gasteiger partial charge in [0.1, 0.15) is 11.0 Å². The van der Waals surface area contributed by atoms with Crippen LogP contribution in [0, 0.1) is 0 Å². The van der Waals surface area contributed by atoms with Gasteiger partial charge < -0.3 is 0 Å². The smallest absolute Gasteiger partial charge is 0.103 e. The second kappa shape index (κ2) is 18.4. The van der Waals surface area contributed by atoms with E-state index < -0.39 is 0 Å². The molecule has 3 atom stereocenters. The lowest BCUT2D eigenvalue weighted by atomic mass is 9.85. The van der Waals surface area contributed by atoms with Gasteiger partial charge in [-0.3, -0.25) is 9.98 Å². The van der Waals surface area contributed by atoms with E-state index in [9.17, 15) is 0 Å². The Bertz CT molecular complexity index is 3020. The SMILES string of the molecule is CC(=Nc1c(Cc2ccccc2)cccc1C(C)c1ccccc1)c1cccc2c1nnc1c(C(C)=Nc3c(C(C)c4ccccc4)cccc3[C@@H](C)c3ccccc3)cccc12. The van der Waals surface area contributed by atoms with E-state index in [1.807, 2.05) is 0 Å². The summed E-state index contributed by atoms with van der Waals surface area (Å²) in [5.74, 6) is 0.436. The van der Waals surface area contributed by atoms with Crippen LogP contribution in [0.15, 0.2) is 204 Å². The summed E-state index contributed by atoms with van der Waals surface area (Å²) in [4.78, 5) is 11.1. The van der Waals surface area contributed by atoms with Crippen molar-refractivity contribution in [2.45, 2.75) is 58.8 Å². The van der Waals surface area contributed by atoms with Gasteiger partial charge in [-0.25, -0.2) is 0 Å². The molecule has 4 nitrogen and oxygen atoms in total. The monoisotopic (exact) mass is 816 g/mol. The second-order valence-corrected chi connectivity index (χ2v) is 16.7. The van der Waals surface area contributed by atoms with Gasteiger partial charge in [0, 0.05) is 51.1 Å². The lowest BCUT2D eigenvalue weighted by Gasteiger charge is -2.22. The van der Waals surface area contributed by atoms with Crippen LogP contribution >= 0.6 is 0 Å². The molecule has 8 aromatic carbocycles. The van der Waals surface area contributed by atoms with Gasteiger partial charge in [-0.05, 0) is 64.8 Å². The van der Waals surface area contributed by atoms with Crippen molar-refractivity contribution >= 4 is 44.6 Å². The number of aliphatic imine (C=N–C) groups is 2. The third-order valence-corrected chi connectivity index (χ3v) is 12.7. The second-order valence-electron chi connectivity index (χ2n) is 16.7. The lowest BCUT2D eigenvalue weighted by Crippen LogP contribution is -2.05. The predicted octanol–water partition coefficient (Wildman–Crippen LogP) is 15.1. The van der Waals surface area contributed by atoms with E-state index in [1.54, 1.807) is 0 Å². The van der Waals surface area contributed by atoms with Crippen molar-refractivity contribution in [1.82, 2.24) is 10.2 Å². The molecule has 9 rings (SSSR count). The Morgan fingerprint density at radius 1 is 0.397 bits per heavy atom. The van der Waals surface area contributed by atoms with Crippen LogP contribution in [0.4, 0.5) is 11.4 Å². The standard InChI is InChI=1S/C59H52N4/c1-39(45-24-12-7-13-25-45)49-31-18-30-48(38-44-22-10-6-11-23-44)56(49)60-42(4)52-34-20-36-54-55-37-21-35-53(59(55)63-62-58(52)54)43(5)61-57-50(40(2)46-26-14-8-15-27-46)32-19-33-51(57)41(3)47-28-16-9-17-29-47/h6-37,39-41H,38H2,1-5H3/t39?,40-,41?/m0/s1. The fourth-order valence-electron chi connectivity index (χ4n) is 9.10. The van der Waals surface area contributed by atoms with Gasteiger partial charge in [0.15, 0.2) is 0 Å². The van der Waals surface area contributed by atoms with Crippen LogP contribution in [-0.4, -0.2) is 21.6 Å². The summed E-state index contributed by atoms with van der Waals surface area (Å²) in [6, 6.07) is 68.9. The maximum absolute atomic E-state index is 5.56. The molecule has 1 aromatic heterocycles. The Balaban J connectivity index is 1.15. The molecule has 0 aliphatic carbocycles. The summed E-state index contributed by atoms with van der Waals surface area (Å²) < 4.78 is 0. The molecular weight excluding hydrogens is 765 g/mol. The minimum absolute atomic E-state index is 0.142. The van der Waals surface area contributed by atoms with Crippen LogP contribution in [0.1, 0.15) is 108 Å². The Hall–Kier alpha value is -7.30. The van der Waals surface area contributed by atoms with E-state index in [1.165, 1.54) is 44.5 Å². The summed E-state index contributed by atoms with van der Waals surface area (Å²) in [7, 11) is 0. The van der Waals surface area contributed by atoms with Crippen LogP contribution in [-0.2, 0) is 6.42 Å². The highest BCUT2D eigenvalue weighted by atomic mass is 15.1. The van der Waals surface area contributed by atoms with Crippen LogP contribution in [0.2, 0.25) is 0 Å². The summed E-state index contributed by atoms with van der Waals surface area (Å²) in [6.45, 7) is 11.0. The number of para-hydroxylation sites is 2. The zero-order valence-corrected chi connectivity index (χ0v) is 36.7. The molecule has 63 heavy (non-hydrogen) atoms. The van der Waals surface area contributed by atoms with Crippen LogP contribution in [0.3, 0.4) is 0 Å². The van der Waals surface area contributed by atoms with Crippen molar-refractivity contribution in [3.05, 3.63) is 250 Å². The van der Waals surface area contributed by atoms with E-state index in [4.69, 9.17) is 20.2 Å². The van der Waals surface area contributed by atoms with Crippen molar-refractivity contribution in [3.63, 3.8) is 0 Å². The average molecular weight is 817 g/mol. The summed E-state index contributed by atoms with van der Waals surface area (Å²) in [5.41, 5.74) is 17.2. The highest BCUT2D eigenvalue weighted by molar-refractivity contribution is 6.18. The Labute approximate surface area is 371 Å². The third-order valence-electron chi connectivity index (χ3n) is 12.7. The van der Waals surface area contributed by atoms with Gasteiger partial charge in [-0.1, -0.05) is 215 Å². The van der Waals surface area contributed by atoms with Crippen LogP contribution in [0.25, 0.3) is 21.8 Å². The fraction of sp³-hybridized carbons (Fsp3) is 0.153. The maximum Gasteiger partial charge on any atom is 0.103 e. The number of nitrogens with zero attached hydrogens (tertiary/aromatic N) is 4. The zero-order valence-electron chi connectivity index (χ0n) is 36.7. The van der Waals surface area contributed by atoms with Crippen molar-refractivity contribution in [1.29, 1.82) is 0 Å². The highest BCUT2D eigenvalue weighted by Gasteiger charge is 2.22. The largest absolute Gasteiger partial charge is 0.252 e. The van der Waals surface area contributed by atoms with Gasteiger partial charge >= 0.3 is 0 Å². The quantitative estimate of drug-likeness (QED) is 0.0911. The number of aromatic nitrogens is 2. The topological polar surface area (TPSA) is 50.5 Å². The van der Waals surface area contributed by atoms with E-state index in [2.05, 4.69) is 229 Å². The fourth-order valence-corrected chi connectivity index (χ4v) is 9.10. The van der Waals surface area contributed by atoms with Gasteiger partial charge in [-0.15, -0.1) is 10.2 Å². The van der Waals surface area contributed by atoms with E-state index in [0.717, 1.165) is 62.2 Å². The van der Waals surface area contributed by atoms with E-state index in [0.29, 0.717) is 0 Å². The molecule has 2 unspecified atom stereocenters. The summed E-state index contributed by atoms with van der Waals surface area (Å²) >= 11 is 0. The first kappa shape index (κ1) is 41.1. The van der Waals surface area contributed by atoms with Gasteiger partial charge in [0.25, 0.3) is 0 Å². The number of benzene rings is 8. The highest BCUT2D eigenvalue weighted by Crippen LogP contribution is 2.41. The van der Waals surface area contributed by atoms with Gasteiger partial charge in [0.05, 0.1) is 11.4 Å². The molecule has 0 N–H and O–H groups in total. The molecular formula is C59H52N4. The van der Waals surface area contributed by atoms with Crippen LogP contribution < -0.4 is 0 Å². The van der Waals surface area contributed by atoms with Crippen molar-refractivity contribution < 1.29 is 0 Å². The molecule has 9 aromatic rings. The van der Waals surface area contributed by atoms with E-state index in [-0.39, 0.29) is 17.8 Å². The molecule has 308 valence electrons. The number of fused-ring (bicyclic) bond motifs is 3. The lowest BCUT2D eigenvalue weighted by molar-refractivity contribution is 0.887. The van der Waals surface area contributed by atoms with Gasteiger partial charge in [0.2, 0.25) is 0 Å². The Morgan fingerprint density at radius 2 is 0.762 bits per heavy atom. The van der Waals surface area contributed by atoms with Gasteiger partial charge in [-0.2, -0.15) is 0 Å². The summed E-state index contributed by atoms with van der Waals surface area (Å²) in [6.07, 6.45) is 0.786. The first-order chi connectivity index (χ1) is 30.9. The molecule has 0 aliphatic heterocycles. The molecule has 4 heteroatoms. The number of hydrogen-bond acceptors (Lipinski definition) is 4. The first-order valence-electron chi connectivity index (χ1n) is 22.1. The molecule has 0 saturated heterocycles. The average Bonchev–Trinajstić information content (AvgIpc) is 3.34. The molecule has 0 radical (unpaired) electrons. The van der Waals surface area contributed by atoms with Crippen molar-refractivity contribution in [3.8, 4) is 0 Å². The predicted molar refractivity (Wildman–Crippen MR) is 265 cm³/mol. The molecule has 1 heterocycles. The van der Waals surface area contributed by atoms with Crippen LogP contribution in [0.5, 0.6) is 0 Å². The van der Waals surface area contributed by atoms with E-state index >= 15 is 0 Å². The molecule has 0 saturated carbocycles. The first-order valence-corrected chi connectivity index (χ1v) is 22.1. The Morgan fingerprint density at radius 3 is 1.21 bits per heavy atom.